The lowest BCUT2D eigenvalue weighted by molar-refractivity contribution is -0.128. The molecule has 1 aromatic carbocycles. The van der Waals surface area contributed by atoms with Gasteiger partial charge < -0.3 is 13.8 Å². The lowest BCUT2D eigenvalue weighted by atomic mass is 10.1. The minimum atomic E-state index is -0.0746. The minimum Gasteiger partial charge on any atom is -0.467 e. The normalized spacial score (nSPS) is 17.4. The Morgan fingerprint density at radius 2 is 2.16 bits per heavy atom. The van der Waals surface area contributed by atoms with E-state index in [0.29, 0.717) is 31.2 Å². The van der Waals surface area contributed by atoms with Crippen molar-refractivity contribution in [2.75, 3.05) is 6.54 Å². The number of aromatic nitrogens is 2. The lowest BCUT2D eigenvalue weighted by Crippen LogP contribution is -2.24. The van der Waals surface area contributed by atoms with Gasteiger partial charge in [0.05, 0.1) is 18.7 Å². The molecule has 1 saturated heterocycles. The number of furan rings is 1. The van der Waals surface area contributed by atoms with Crippen molar-refractivity contribution in [2.45, 2.75) is 32.7 Å². The van der Waals surface area contributed by atoms with Crippen LogP contribution < -0.4 is 0 Å². The number of hydrogen-bond donors (Lipinski definition) is 0. The number of amides is 1. The summed E-state index contributed by atoms with van der Waals surface area (Å²) >= 11 is 0. The molecule has 0 spiro atoms. The highest BCUT2D eigenvalue weighted by molar-refractivity contribution is 5.79. The molecule has 25 heavy (non-hydrogen) atoms. The van der Waals surface area contributed by atoms with Crippen molar-refractivity contribution >= 4 is 5.91 Å². The average molecular weight is 337 g/mol. The van der Waals surface area contributed by atoms with Crippen LogP contribution in [0.3, 0.4) is 0 Å². The van der Waals surface area contributed by atoms with E-state index in [9.17, 15) is 4.79 Å². The highest BCUT2D eigenvalue weighted by atomic mass is 16.5. The summed E-state index contributed by atoms with van der Waals surface area (Å²) in [6.45, 7) is 5.12. The van der Waals surface area contributed by atoms with Crippen molar-refractivity contribution in [2.24, 2.45) is 0 Å². The molecule has 0 aliphatic carbocycles. The van der Waals surface area contributed by atoms with Crippen molar-refractivity contribution in [3.05, 3.63) is 59.4 Å². The molecule has 4 rings (SSSR count). The third kappa shape index (κ3) is 3.07. The summed E-state index contributed by atoms with van der Waals surface area (Å²) in [6, 6.07) is 9.81. The molecule has 0 radical (unpaired) electrons. The molecule has 2 aromatic heterocycles. The van der Waals surface area contributed by atoms with E-state index in [-0.39, 0.29) is 11.8 Å². The molecule has 1 aliphatic rings. The molecular formula is C19H19N3O3. The highest BCUT2D eigenvalue weighted by Crippen LogP contribution is 2.30. The van der Waals surface area contributed by atoms with Gasteiger partial charge >= 0.3 is 0 Å². The maximum atomic E-state index is 12.2. The third-order valence-electron chi connectivity index (χ3n) is 4.56. The van der Waals surface area contributed by atoms with Gasteiger partial charge in [-0.25, -0.2) is 0 Å². The maximum absolute atomic E-state index is 12.2. The molecule has 1 unspecified atom stereocenters. The second kappa shape index (κ2) is 6.20. The molecule has 0 bridgehead atoms. The molecular weight excluding hydrogens is 318 g/mol. The van der Waals surface area contributed by atoms with Gasteiger partial charge in [0.1, 0.15) is 5.76 Å². The SMILES string of the molecule is Cc1ccc(-c2noc(C3CC(=O)N(Cc4ccco4)C3)n2)c(C)c1. The Balaban J connectivity index is 1.51. The van der Waals surface area contributed by atoms with E-state index in [2.05, 4.69) is 23.1 Å². The topological polar surface area (TPSA) is 72.4 Å². The molecule has 1 amide bonds. The zero-order valence-electron chi connectivity index (χ0n) is 14.2. The number of rotatable bonds is 4. The number of carbonyl (C=O) groups is 1. The Labute approximate surface area is 145 Å². The highest BCUT2D eigenvalue weighted by Gasteiger charge is 2.34. The number of aryl methyl sites for hydroxylation is 2. The summed E-state index contributed by atoms with van der Waals surface area (Å²) in [5.41, 5.74) is 3.26. The largest absolute Gasteiger partial charge is 0.467 e. The van der Waals surface area contributed by atoms with Crippen LogP contribution in [-0.2, 0) is 11.3 Å². The summed E-state index contributed by atoms with van der Waals surface area (Å²) < 4.78 is 10.8. The summed E-state index contributed by atoms with van der Waals surface area (Å²) in [5.74, 6) is 1.87. The van der Waals surface area contributed by atoms with E-state index in [1.807, 2.05) is 31.2 Å². The lowest BCUT2D eigenvalue weighted by Gasteiger charge is -2.13. The molecule has 0 saturated carbocycles. The average Bonchev–Trinajstić information content (AvgIpc) is 3.30. The Bertz CT molecular complexity index is 899. The van der Waals surface area contributed by atoms with Crippen LogP contribution in [0.1, 0.15) is 35.1 Å². The zero-order valence-corrected chi connectivity index (χ0v) is 14.2. The van der Waals surface area contributed by atoms with Gasteiger partial charge in [-0.05, 0) is 31.5 Å². The second-order valence-electron chi connectivity index (χ2n) is 6.53. The van der Waals surface area contributed by atoms with Gasteiger partial charge in [-0.15, -0.1) is 0 Å². The smallest absolute Gasteiger partial charge is 0.232 e. The number of hydrogen-bond acceptors (Lipinski definition) is 5. The number of nitrogens with zero attached hydrogens (tertiary/aromatic N) is 3. The van der Waals surface area contributed by atoms with Gasteiger partial charge in [0.15, 0.2) is 0 Å². The molecule has 128 valence electrons. The van der Waals surface area contributed by atoms with Crippen LogP contribution in [0.2, 0.25) is 0 Å². The Kier molecular flexibility index (Phi) is 3.87. The quantitative estimate of drug-likeness (QED) is 0.729. The fourth-order valence-electron chi connectivity index (χ4n) is 3.26. The first-order chi connectivity index (χ1) is 12.1. The first-order valence-electron chi connectivity index (χ1n) is 8.31. The third-order valence-corrected chi connectivity index (χ3v) is 4.56. The Morgan fingerprint density at radius 1 is 1.28 bits per heavy atom. The first-order valence-corrected chi connectivity index (χ1v) is 8.31. The summed E-state index contributed by atoms with van der Waals surface area (Å²) in [5, 5.41) is 4.11. The van der Waals surface area contributed by atoms with Crippen molar-refractivity contribution in [3.63, 3.8) is 0 Å². The summed E-state index contributed by atoms with van der Waals surface area (Å²) in [6.07, 6.45) is 2.00. The fourth-order valence-corrected chi connectivity index (χ4v) is 3.26. The molecule has 0 N–H and O–H groups in total. The van der Waals surface area contributed by atoms with Gasteiger partial charge in [-0.3, -0.25) is 4.79 Å². The van der Waals surface area contributed by atoms with E-state index in [1.54, 1.807) is 11.2 Å². The van der Waals surface area contributed by atoms with E-state index >= 15 is 0 Å². The predicted octanol–water partition coefficient (Wildman–Crippen LogP) is 3.46. The van der Waals surface area contributed by atoms with Crippen LogP contribution >= 0.6 is 0 Å². The van der Waals surface area contributed by atoms with Crippen LogP contribution in [0.4, 0.5) is 0 Å². The predicted molar refractivity (Wildman–Crippen MR) is 90.7 cm³/mol. The van der Waals surface area contributed by atoms with Crippen LogP contribution in [0.25, 0.3) is 11.4 Å². The minimum absolute atomic E-state index is 0.0746. The number of likely N-dealkylation sites (tertiary alicyclic amines) is 1. The monoisotopic (exact) mass is 337 g/mol. The maximum Gasteiger partial charge on any atom is 0.232 e. The molecule has 3 heterocycles. The van der Waals surface area contributed by atoms with Gasteiger partial charge in [-0.2, -0.15) is 4.98 Å². The van der Waals surface area contributed by atoms with E-state index in [0.717, 1.165) is 16.9 Å². The summed E-state index contributed by atoms with van der Waals surface area (Å²) in [4.78, 5) is 18.6. The molecule has 1 fully saturated rings. The second-order valence-corrected chi connectivity index (χ2v) is 6.53. The van der Waals surface area contributed by atoms with Crippen molar-refractivity contribution in [3.8, 4) is 11.4 Å². The van der Waals surface area contributed by atoms with Gasteiger partial charge in [0.25, 0.3) is 0 Å². The van der Waals surface area contributed by atoms with Gasteiger partial charge in [0, 0.05) is 18.5 Å². The fraction of sp³-hybridized carbons (Fsp3) is 0.316. The van der Waals surface area contributed by atoms with Crippen LogP contribution in [0.15, 0.2) is 45.5 Å². The van der Waals surface area contributed by atoms with Gasteiger partial charge in [-0.1, -0.05) is 28.9 Å². The van der Waals surface area contributed by atoms with E-state index in [1.165, 1.54) is 5.56 Å². The summed E-state index contributed by atoms with van der Waals surface area (Å²) in [7, 11) is 0. The van der Waals surface area contributed by atoms with Crippen LogP contribution in [0.5, 0.6) is 0 Å². The number of benzene rings is 1. The molecule has 6 nitrogen and oxygen atoms in total. The van der Waals surface area contributed by atoms with Crippen molar-refractivity contribution in [1.82, 2.24) is 15.0 Å². The Hall–Kier alpha value is -2.89. The van der Waals surface area contributed by atoms with Crippen molar-refractivity contribution in [1.29, 1.82) is 0 Å². The standard InChI is InChI=1S/C19H19N3O3/c1-12-5-6-16(13(2)8-12)18-20-19(25-21-18)14-9-17(23)22(10-14)11-15-4-3-7-24-15/h3-8,14H,9-11H2,1-2H3. The van der Waals surface area contributed by atoms with Crippen LogP contribution in [-0.4, -0.2) is 27.5 Å². The van der Waals surface area contributed by atoms with Crippen molar-refractivity contribution < 1.29 is 13.7 Å². The molecule has 1 aliphatic heterocycles. The molecule has 1 atom stereocenters. The first kappa shape index (κ1) is 15.6. The van der Waals surface area contributed by atoms with E-state index < -0.39 is 0 Å². The van der Waals surface area contributed by atoms with Gasteiger partial charge in [0.2, 0.25) is 17.6 Å². The van der Waals surface area contributed by atoms with E-state index in [4.69, 9.17) is 8.94 Å². The Morgan fingerprint density at radius 3 is 2.92 bits per heavy atom. The molecule has 3 aromatic rings. The zero-order chi connectivity index (χ0) is 17.4. The molecule has 6 heteroatoms. The number of carbonyl (C=O) groups excluding carboxylic acids is 1. The van der Waals surface area contributed by atoms with Crippen LogP contribution in [0, 0.1) is 13.8 Å².